The summed E-state index contributed by atoms with van der Waals surface area (Å²) in [6, 6.07) is 2.69. The summed E-state index contributed by atoms with van der Waals surface area (Å²) >= 11 is 1.82. The number of hydrogen-bond donors (Lipinski definition) is 1. The lowest BCUT2D eigenvalue weighted by Gasteiger charge is -2.10. The van der Waals surface area contributed by atoms with Gasteiger partial charge in [0.2, 0.25) is 0 Å². The minimum Gasteiger partial charge on any atom is -0.309 e. The van der Waals surface area contributed by atoms with Crippen LogP contribution >= 0.6 is 11.3 Å². The van der Waals surface area contributed by atoms with Gasteiger partial charge in [0.1, 0.15) is 0 Å². The van der Waals surface area contributed by atoms with Crippen molar-refractivity contribution in [2.75, 3.05) is 0 Å². The van der Waals surface area contributed by atoms with E-state index in [1.165, 1.54) is 10.4 Å². The lowest BCUT2D eigenvalue weighted by atomic mass is 10.2. The second-order valence-corrected chi connectivity index (χ2v) is 4.33. The topological polar surface area (TPSA) is 12.0 Å². The first-order chi connectivity index (χ1) is 6.24. The summed E-state index contributed by atoms with van der Waals surface area (Å²) < 4.78 is 0. The van der Waals surface area contributed by atoms with Gasteiger partial charge in [-0.25, -0.2) is 0 Å². The van der Waals surface area contributed by atoms with Crippen molar-refractivity contribution < 1.29 is 0 Å². The summed E-state index contributed by atoms with van der Waals surface area (Å²) in [6.45, 7) is 9.05. The van der Waals surface area contributed by atoms with Crippen LogP contribution < -0.4 is 5.32 Å². The van der Waals surface area contributed by atoms with Crippen molar-refractivity contribution in [3.8, 4) is 0 Å². The Hall–Kier alpha value is -0.600. The van der Waals surface area contributed by atoms with E-state index in [-0.39, 0.29) is 0 Å². The molecule has 1 aromatic heterocycles. The molecule has 0 saturated carbocycles. The van der Waals surface area contributed by atoms with Gasteiger partial charge in [-0.05, 0) is 37.3 Å². The summed E-state index contributed by atoms with van der Waals surface area (Å²) in [5.74, 6) is 0. The quantitative estimate of drug-likeness (QED) is 0.712. The molecule has 1 unspecified atom stereocenters. The first-order valence-corrected chi connectivity index (χ1v) is 5.49. The zero-order valence-corrected chi connectivity index (χ0v) is 9.16. The van der Waals surface area contributed by atoms with Crippen molar-refractivity contribution in [1.82, 2.24) is 5.32 Å². The smallest absolute Gasteiger partial charge is 0.0304 e. The average Bonchev–Trinajstić information content (AvgIpc) is 2.48. The highest BCUT2D eigenvalue weighted by Crippen LogP contribution is 2.15. The number of hydrogen-bond acceptors (Lipinski definition) is 2. The van der Waals surface area contributed by atoms with Gasteiger partial charge < -0.3 is 5.32 Å². The van der Waals surface area contributed by atoms with Crippen LogP contribution in [0.15, 0.2) is 24.1 Å². The van der Waals surface area contributed by atoms with Gasteiger partial charge in [0.15, 0.2) is 0 Å². The predicted molar refractivity (Wildman–Crippen MR) is 60.2 cm³/mol. The molecule has 0 aliphatic heterocycles. The molecule has 0 fully saturated rings. The van der Waals surface area contributed by atoms with Gasteiger partial charge in [-0.15, -0.1) is 17.9 Å². The number of nitrogens with one attached hydrogen (secondary N) is 1. The van der Waals surface area contributed by atoms with Crippen LogP contribution in [0.2, 0.25) is 0 Å². The molecular weight excluding hydrogens is 178 g/mol. The maximum Gasteiger partial charge on any atom is 0.0304 e. The molecule has 0 aliphatic rings. The first kappa shape index (κ1) is 10.5. The third kappa shape index (κ3) is 3.33. The average molecular weight is 195 g/mol. The highest BCUT2D eigenvalue weighted by Gasteiger charge is 2.01. The summed E-state index contributed by atoms with van der Waals surface area (Å²) in [4.78, 5) is 1.44. The lowest BCUT2D eigenvalue weighted by molar-refractivity contribution is 0.556. The lowest BCUT2D eigenvalue weighted by Crippen LogP contribution is -2.24. The maximum absolute atomic E-state index is 3.73. The van der Waals surface area contributed by atoms with E-state index in [9.17, 15) is 0 Å². The Labute approximate surface area is 84.5 Å². The second-order valence-electron chi connectivity index (χ2n) is 3.33. The Morgan fingerprint density at radius 1 is 1.69 bits per heavy atom. The third-order valence-electron chi connectivity index (χ3n) is 2.10. The minimum absolute atomic E-state index is 0.527. The molecule has 1 heterocycles. The Morgan fingerprint density at radius 3 is 3.00 bits per heavy atom. The number of rotatable bonds is 5. The monoisotopic (exact) mass is 195 g/mol. The molecule has 0 aromatic carbocycles. The van der Waals surface area contributed by atoms with Gasteiger partial charge >= 0.3 is 0 Å². The predicted octanol–water partition coefficient (Wildman–Crippen LogP) is 3.11. The standard InChI is InChI=1S/C11H17NS/c1-4-5-10(3)12-8-11-9(2)6-7-13-11/h4,6-7,10,12H,1,5,8H2,2-3H3. The van der Waals surface area contributed by atoms with Crippen LogP contribution in [0.5, 0.6) is 0 Å². The van der Waals surface area contributed by atoms with E-state index in [4.69, 9.17) is 0 Å². The van der Waals surface area contributed by atoms with Gasteiger partial charge in [0, 0.05) is 17.5 Å². The zero-order valence-electron chi connectivity index (χ0n) is 8.34. The molecule has 0 radical (unpaired) electrons. The minimum atomic E-state index is 0.527. The van der Waals surface area contributed by atoms with Crippen LogP contribution in [-0.2, 0) is 6.54 Å². The van der Waals surface area contributed by atoms with E-state index in [0.717, 1.165) is 13.0 Å². The molecule has 2 heteroatoms. The summed E-state index contributed by atoms with van der Waals surface area (Å²) in [6.07, 6.45) is 2.99. The van der Waals surface area contributed by atoms with Gasteiger partial charge in [-0.3, -0.25) is 0 Å². The van der Waals surface area contributed by atoms with Gasteiger partial charge in [-0.2, -0.15) is 0 Å². The van der Waals surface area contributed by atoms with E-state index < -0.39 is 0 Å². The third-order valence-corrected chi connectivity index (χ3v) is 3.12. The molecular formula is C11H17NS. The van der Waals surface area contributed by atoms with Crippen molar-refractivity contribution in [2.45, 2.75) is 32.9 Å². The van der Waals surface area contributed by atoms with Crippen LogP contribution in [0.1, 0.15) is 23.8 Å². The number of aryl methyl sites for hydroxylation is 1. The summed E-state index contributed by atoms with van der Waals surface area (Å²) in [5.41, 5.74) is 1.39. The Kier molecular flexibility index (Phi) is 4.19. The molecule has 1 N–H and O–H groups in total. The van der Waals surface area contributed by atoms with Crippen molar-refractivity contribution in [1.29, 1.82) is 0 Å². The molecule has 1 nitrogen and oxygen atoms in total. The van der Waals surface area contributed by atoms with Crippen LogP contribution in [0.4, 0.5) is 0 Å². The van der Waals surface area contributed by atoms with Gasteiger partial charge in [0.05, 0.1) is 0 Å². The molecule has 0 aliphatic carbocycles. The SMILES string of the molecule is C=CCC(C)NCc1sccc1C. The van der Waals surface area contributed by atoms with Gasteiger partial charge in [-0.1, -0.05) is 6.08 Å². The molecule has 0 bridgehead atoms. The molecule has 13 heavy (non-hydrogen) atoms. The Bertz CT molecular complexity index is 265. The van der Waals surface area contributed by atoms with Crippen LogP contribution in [-0.4, -0.2) is 6.04 Å². The van der Waals surface area contributed by atoms with E-state index >= 15 is 0 Å². The van der Waals surface area contributed by atoms with E-state index in [2.05, 4.69) is 37.2 Å². The fourth-order valence-corrected chi connectivity index (χ4v) is 2.04. The summed E-state index contributed by atoms with van der Waals surface area (Å²) in [5, 5.41) is 5.61. The van der Waals surface area contributed by atoms with E-state index in [1.807, 2.05) is 17.4 Å². The molecule has 1 aromatic rings. The molecule has 72 valence electrons. The Balaban J connectivity index is 2.34. The molecule has 1 rings (SSSR count). The number of thiophene rings is 1. The maximum atomic E-state index is 3.73. The fourth-order valence-electron chi connectivity index (χ4n) is 1.19. The molecule has 1 atom stereocenters. The van der Waals surface area contributed by atoms with Crippen LogP contribution in [0.25, 0.3) is 0 Å². The molecule has 0 spiro atoms. The first-order valence-electron chi connectivity index (χ1n) is 4.61. The molecule has 0 saturated heterocycles. The fraction of sp³-hybridized carbons (Fsp3) is 0.455. The van der Waals surface area contributed by atoms with Gasteiger partial charge in [0.25, 0.3) is 0 Å². The highest BCUT2D eigenvalue weighted by molar-refractivity contribution is 7.10. The normalized spacial score (nSPS) is 12.8. The van der Waals surface area contributed by atoms with Crippen molar-refractivity contribution in [3.05, 3.63) is 34.5 Å². The van der Waals surface area contributed by atoms with Crippen molar-refractivity contribution in [3.63, 3.8) is 0 Å². The van der Waals surface area contributed by atoms with Crippen LogP contribution in [0.3, 0.4) is 0 Å². The Morgan fingerprint density at radius 2 is 2.46 bits per heavy atom. The zero-order chi connectivity index (χ0) is 9.68. The second kappa shape index (κ2) is 5.20. The largest absolute Gasteiger partial charge is 0.309 e. The van der Waals surface area contributed by atoms with E-state index in [1.54, 1.807) is 0 Å². The van der Waals surface area contributed by atoms with E-state index in [0.29, 0.717) is 6.04 Å². The van der Waals surface area contributed by atoms with Crippen molar-refractivity contribution >= 4 is 11.3 Å². The van der Waals surface area contributed by atoms with Crippen molar-refractivity contribution in [2.24, 2.45) is 0 Å². The van der Waals surface area contributed by atoms with Crippen LogP contribution in [0, 0.1) is 6.92 Å². The molecule has 0 amide bonds. The summed E-state index contributed by atoms with van der Waals surface area (Å²) in [7, 11) is 0. The highest BCUT2D eigenvalue weighted by atomic mass is 32.1.